The Morgan fingerprint density at radius 3 is 2.14 bits per heavy atom. The number of benzene rings is 2. The molecule has 158 valence electrons. The fraction of sp³-hybridized carbons (Fsp3) is 0.368. The van der Waals surface area contributed by atoms with E-state index in [1.807, 2.05) is 0 Å². The monoisotopic (exact) mass is 444 g/mol. The van der Waals surface area contributed by atoms with E-state index in [2.05, 4.69) is 4.72 Å². The predicted octanol–water partition coefficient (Wildman–Crippen LogP) is 3.72. The Labute approximate surface area is 169 Å². The second-order valence-electron chi connectivity index (χ2n) is 7.02. The zero-order valence-corrected chi connectivity index (χ0v) is 17.4. The lowest BCUT2D eigenvalue weighted by Gasteiger charge is -2.30. The number of nitrogens with zero attached hydrogens (tertiary/aromatic N) is 1. The molecule has 0 heterocycles. The Balaban J connectivity index is 1.79. The second-order valence-corrected chi connectivity index (χ2v) is 10.7. The van der Waals surface area contributed by atoms with Crippen molar-refractivity contribution in [3.63, 3.8) is 0 Å². The Bertz CT molecular complexity index is 1080. The topological polar surface area (TPSA) is 83.6 Å². The van der Waals surface area contributed by atoms with Gasteiger partial charge in [0.1, 0.15) is 16.5 Å². The SMILES string of the molecule is CN(C1CCCCC1)S(=O)(=O)c1ccc(NS(=O)(=O)c2ccc(F)cc2F)cc1. The van der Waals surface area contributed by atoms with Gasteiger partial charge < -0.3 is 0 Å². The Kier molecular flexibility index (Phi) is 6.25. The van der Waals surface area contributed by atoms with E-state index in [0.29, 0.717) is 6.07 Å². The lowest BCUT2D eigenvalue weighted by Crippen LogP contribution is -2.38. The first-order valence-corrected chi connectivity index (χ1v) is 12.1. The Hall–Kier alpha value is -2.04. The summed E-state index contributed by atoms with van der Waals surface area (Å²) >= 11 is 0. The summed E-state index contributed by atoms with van der Waals surface area (Å²) in [7, 11) is -6.45. The molecule has 0 amide bonds. The molecule has 3 rings (SSSR count). The Morgan fingerprint density at radius 2 is 1.55 bits per heavy atom. The molecule has 1 aliphatic rings. The number of hydrogen-bond donors (Lipinski definition) is 1. The molecule has 6 nitrogen and oxygen atoms in total. The molecule has 1 fully saturated rings. The van der Waals surface area contributed by atoms with Gasteiger partial charge in [-0.1, -0.05) is 19.3 Å². The van der Waals surface area contributed by atoms with Crippen LogP contribution in [0.2, 0.25) is 0 Å². The average molecular weight is 445 g/mol. The molecule has 10 heteroatoms. The number of rotatable bonds is 6. The van der Waals surface area contributed by atoms with E-state index >= 15 is 0 Å². The van der Waals surface area contributed by atoms with Gasteiger partial charge in [-0.15, -0.1) is 0 Å². The normalized spacial score (nSPS) is 16.1. The number of sulfonamides is 2. The molecule has 29 heavy (non-hydrogen) atoms. The molecular formula is C19H22F2N2O4S2. The van der Waals surface area contributed by atoms with Crippen LogP contribution in [0.3, 0.4) is 0 Å². The molecule has 0 unspecified atom stereocenters. The molecule has 0 atom stereocenters. The summed E-state index contributed by atoms with van der Waals surface area (Å²) in [5.74, 6) is -2.11. The predicted molar refractivity (Wildman–Crippen MR) is 105 cm³/mol. The lowest BCUT2D eigenvalue weighted by molar-refractivity contribution is 0.286. The van der Waals surface area contributed by atoms with E-state index in [1.54, 1.807) is 7.05 Å². The van der Waals surface area contributed by atoms with Crippen molar-refractivity contribution in [2.75, 3.05) is 11.8 Å². The van der Waals surface area contributed by atoms with Gasteiger partial charge >= 0.3 is 0 Å². The molecule has 0 saturated heterocycles. The first-order chi connectivity index (χ1) is 13.6. The van der Waals surface area contributed by atoms with Crippen molar-refractivity contribution in [1.82, 2.24) is 4.31 Å². The van der Waals surface area contributed by atoms with Crippen molar-refractivity contribution < 1.29 is 25.6 Å². The van der Waals surface area contributed by atoms with Gasteiger partial charge in [0.2, 0.25) is 10.0 Å². The molecule has 0 bridgehead atoms. The second kappa shape index (κ2) is 8.37. The highest BCUT2D eigenvalue weighted by Gasteiger charge is 2.29. The van der Waals surface area contributed by atoms with Gasteiger partial charge in [-0.3, -0.25) is 4.72 Å². The van der Waals surface area contributed by atoms with Crippen LogP contribution in [-0.2, 0) is 20.0 Å². The molecule has 1 saturated carbocycles. The summed E-state index contributed by atoms with van der Waals surface area (Å²) in [5, 5.41) is 0. The van der Waals surface area contributed by atoms with E-state index in [0.717, 1.165) is 44.2 Å². The summed E-state index contributed by atoms with van der Waals surface area (Å²) in [6.07, 6.45) is 4.72. The zero-order chi connectivity index (χ0) is 21.2. The van der Waals surface area contributed by atoms with Crippen LogP contribution in [0, 0.1) is 11.6 Å². The minimum atomic E-state index is -4.29. The van der Waals surface area contributed by atoms with Crippen molar-refractivity contribution in [3.8, 4) is 0 Å². The van der Waals surface area contributed by atoms with Crippen LogP contribution in [-0.4, -0.2) is 34.2 Å². The van der Waals surface area contributed by atoms with Crippen molar-refractivity contribution in [2.45, 2.75) is 47.9 Å². The smallest absolute Gasteiger partial charge is 0.264 e. The van der Waals surface area contributed by atoms with Crippen LogP contribution in [0.1, 0.15) is 32.1 Å². The van der Waals surface area contributed by atoms with Crippen LogP contribution in [0.25, 0.3) is 0 Å². The van der Waals surface area contributed by atoms with Gasteiger partial charge in [0.25, 0.3) is 10.0 Å². The van der Waals surface area contributed by atoms with E-state index < -0.39 is 36.6 Å². The van der Waals surface area contributed by atoms with E-state index in [-0.39, 0.29) is 16.6 Å². The minimum absolute atomic E-state index is 0.0430. The number of nitrogens with one attached hydrogen (secondary N) is 1. The van der Waals surface area contributed by atoms with Gasteiger partial charge in [0.15, 0.2) is 0 Å². The largest absolute Gasteiger partial charge is 0.280 e. The summed E-state index contributed by atoms with van der Waals surface area (Å²) < 4.78 is 80.7. The van der Waals surface area contributed by atoms with E-state index in [4.69, 9.17) is 0 Å². The van der Waals surface area contributed by atoms with E-state index in [9.17, 15) is 25.6 Å². The quantitative estimate of drug-likeness (QED) is 0.736. The third-order valence-corrected chi connectivity index (χ3v) is 8.39. The molecule has 0 aliphatic heterocycles. The van der Waals surface area contributed by atoms with Crippen molar-refractivity contribution in [2.24, 2.45) is 0 Å². The van der Waals surface area contributed by atoms with Crippen molar-refractivity contribution >= 4 is 25.7 Å². The first-order valence-electron chi connectivity index (χ1n) is 9.17. The summed E-state index contributed by atoms with van der Waals surface area (Å²) in [4.78, 5) is -0.658. The van der Waals surface area contributed by atoms with Crippen molar-refractivity contribution in [3.05, 3.63) is 54.1 Å². The maximum atomic E-state index is 13.8. The summed E-state index contributed by atoms with van der Waals surface area (Å²) in [6, 6.07) is 7.28. The summed E-state index contributed by atoms with van der Waals surface area (Å²) in [6.45, 7) is 0. The summed E-state index contributed by atoms with van der Waals surface area (Å²) in [5.41, 5.74) is 0.0630. The number of halogens is 2. The minimum Gasteiger partial charge on any atom is -0.280 e. The maximum absolute atomic E-state index is 13.8. The van der Waals surface area contributed by atoms with Gasteiger partial charge in [-0.25, -0.2) is 25.6 Å². The van der Waals surface area contributed by atoms with Crippen LogP contribution in [0.5, 0.6) is 0 Å². The fourth-order valence-electron chi connectivity index (χ4n) is 3.41. The Morgan fingerprint density at radius 1 is 0.931 bits per heavy atom. The number of hydrogen-bond acceptors (Lipinski definition) is 4. The standard InChI is InChI=1S/C19H22F2N2O4S2/c1-23(16-5-3-2-4-6-16)29(26,27)17-10-8-15(9-11-17)22-28(24,25)19-12-7-14(20)13-18(19)21/h7-13,16,22H,2-6H2,1H3. The average Bonchev–Trinajstić information content (AvgIpc) is 2.68. The fourth-order valence-corrected chi connectivity index (χ4v) is 5.94. The van der Waals surface area contributed by atoms with Crippen LogP contribution in [0.15, 0.2) is 52.3 Å². The molecule has 0 radical (unpaired) electrons. The third-order valence-electron chi connectivity index (χ3n) is 5.06. The molecule has 1 N–H and O–H groups in total. The highest BCUT2D eigenvalue weighted by atomic mass is 32.2. The zero-order valence-electron chi connectivity index (χ0n) is 15.8. The maximum Gasteiger partial charge on any atom is 0.264 e. The molecule has 0 spiro atoms. The van der Waals surface area contributed by atoms with Gasteiger partial charge in [-0.05, 0) is 49.2 Å². The lowest BCUT2D eigenvalue weighted by atomic mass is 9.96. The highest BCUT2D eigenvalue weighted by Crippen LogP contribution is 2.27. The van der Waals surface area contributed by atoms with Gasteiger partial charge in [0, 0.05) is 24.8 Å². The molecular weight excluding hydrogens is 422 g/mol. The molecule has 2 aromatic rings. The number of anilines is 1. The van der Waals surface area contributed by atoms with Gasteiger partial charge in [-0.2, -0.15) is 4.31 Å². The highest BCUT2D eigenvalue weighted by molar-refractivity contribution is 7.92. The van der Waals surface area contributed by atoms with Crippen LogP contribution >= 0.6 is 0 Å². The van der Waals surface area contributed by atoms with Gasteiger partial charge in [0.05, 0.1) is 4.90 Å². The molecule has 1 aliphatic carbocycles. The molecule has 0 aromatic heterocycles. The van der Waals surface area contributed by atoms with Crippen LogP contribution < -0.4 is 4.72 Å². The third kappa shape index (κ3) is 4.76. The molecule has 2 aromatic carbocycles. The van der Waals surface area contributed by atoms with Crippen LogP contribution in [0.4, 0.5) is 14.5 Å². The van der Waals surface area contributed by atoms with Crippen molar-refractivity contribution in [1.29, 1.82) is 0 Å². The van der Waals surface area contributed by atoms with E-state index in [1.165, 1.54) is 28.6 Å². The first kappa shape index (κ1) is 21.7.